The third-order valence-electron chi connectivity index (χ3n) is 2.19. The van der Waals surface area contributed by atoms with Crippen molar-refractivity contribution in [1.82, 2.24) is 10.1 Å². The Hall–Kier alpha value is -2.08. The second-order valence-corrected chi connectivity index (χ2v) is 3.48. The minimum absolute atomic E-state index is 0.216. The van der Waals surface area contributed by atoms with Gasteiger partial charge in [-0.2, -0.15) is 4.98 Å². The summed E-state index contributed by atoms with van der Waals surface area (Å²) in [4.78, 5) is 4.05. The van der Waals surface area contributed by atoms with Crippen molar-refractivity contribution in [1.29, 1.82) is 0 Å². The van der Waals surface area contributed by atoms with Gasteiger partial charge in [0, 0.05) is 0 Å². The maximum atomic E-state index is 5.58. The van der Waals surface area contributed by atoms with Crippen LogP contribution >= 0.6 is 0 Å². The lowest BCUT2D eigenvalue weighted by Crippen LogP contribution is -2.01. The van der Waals surface area contributed by atoms with Crippen molar-refractivity contribution in [2.24, 2.45) is 5.73 Å². The van der Waals surface area contributed by atoms with Gasteiger partial charge in [0.25, 0.3) is 0 Å². The summed E-state index contributed by atoms with van der Waals surface area (Å²) in [7, 11) is 0. The largest absolute Gasteiger partial charge is 0.490 e. The van der Waals surface area contributed by atoms with Gasteiger partial charge in [-0.1, -0.05) is 17.3 Å². The molecule has 6 nitrogen and oxygen atoms in total. The van der Waals surface area contributed by atoms with Crippen LogP contribution in [0.1, 0.15) is 18.6 Å². The molecule has 0 saturated carbocycles. The highest BCUT2D eigenvalue weighted by atomic mass is 16.5. The number of benzene rings is 1. The van der Waals surface area contributed by atoms with E-state index in [2.05, 4.69) is 10.1 Å². The molecule has 1 heterocycles. The van der Waals surface area contributed by atoms with E-state index in [1.165, 1.54) is 0 Å². The molecule has 0 fully saturated rings. The van der Waals surface area contributed by atoms with E-state index >= 15 is 0 Å². The van der Waals surface area contributed by atoms with Gasteiger partial charge >= 0.3 is 0 Å². The van der Waals surface area contributed by atoms with E-state index in [1.54, 1.807) is 0 Å². The van der Waals surface area contributed by atoms with Crippen LogP contribution in [0.25, 0.3) is 0 Å². The molecule has 0 saturated heterocycles. The molecule has 0 spiro atoms. The van der Waals surface area contributed by atoms with E-state index in [1.807, 2.05) is 31.2 Å². The summed E-state index contributed by atoms with van der Waals surface area (Å²) in [5.74, 6) is 2.20. The zero-order chi connectivity index (χ0) is 12.8. The summed E-state index contributed by atoms with van der Waals surface area (Å²) in [6.45, 7) is 2.94. The lowest BCUT2D eigenvalue weighted by Gasteiger charge is -2.09. The SMILES string of the molecule is CCOc1ccccc1OCc1noc(CN)n1. The highest BCUT2D eigenvalue weighted by molar-refractivity contribution is 5.39. The highest BCUT2D eigenvalue weighted by Gasteiger charge is 2.08. The molecule has 1 aromatic carbocycles. The summed E-state index contributed by atoms with van der Waals surface area (Å²) in [6, 6.07) is 7.44. The average molecular weight is 249 g/mol. The molecule has 0 atom stereocenters. The minimum atomic E-state index is 0.216. The van der Waals surface area contributed by atoms with Crippen LogP contribution in [0.5, 0.6) is 11.5 Å². The van der Waals surface area contributed by atoms with Gasteiger partial charge in [0.15, 0.2) is 18.1 Å². The summed E-state index contributed by atoms with van der Waals surface area (Å²) < 4.78 is 15.9. The van der Waals surface area contributed by atoms with E-state index in [0.717, 1.165) is 0 Å². The number of rotatable bonds is 6. The van der Waals surface area contributed by atoms with Crippen molar-refractivity contribution >= 4 is 0 Å². The predicted molar refractivity (Wildman–Crippen MR) is 64.1 cm³/mol. The number of hydrogen-bond donors (Lipinski definition) is 1. The third kappa shape index (κ3) is 2.98. The van der Waals surface area contributed by atoms with Crippen molar-refractivity contribution in [3.05, 3.63) is 36.0 Å². The molecule has 0 aliphatic carbocycles. The first kappa shape index (κ1) is 12.4. The van der Waals surface area contributed by atoms with Crippen LogP contribution in [0.4, 0.5) is 0 Å². The number of para-hydroxylation sites is 2. The molecule has 2 aromatic rings. The number of nitrogens with two attached hydrogens (primary N) is 1. The predicted octanol–water partition coefficient (Wildman–Crippen LogP) is 1.51. The second-order valence-electron chi connectivity index (χ2n) is 3.48. The molecular weight excluding hydrogens is 234 g/mol. The zero-order valence-electron chi connectivity index (χ0n) is 10.1. The van der Waals surface area contributed by atoms with Gasteiger partial charge < -0.3 is 19.7 Å². The number of aromatic nitrogens is 2. The quantitative estimate of drug-likeness (QED) is 0.835. The molecule has 2 N–H and O–H groups in total. The molecule has 6 heteroatoms. The van der Waals surface area contributed by atoms with E-state index in [0.29, 0.717) is 29.8 Å². The minimum Gasteiger partial charge on any atom is -0.490 e. The maximum Gasteiger partial charge on any atom is 0.240 e. The third-order valence-corrected chi connectivity index (χ3v) is 2.19. The van der Waals surface area contributed by atoms with E-state index in [-0.39, 0.29) is 13.2 Å². The lowest BCUT2D eigenvalue weighted by molar-refractivity contribution is 0.258. The monoisotopic (exact) mass is 249 g/mol. The first-order valence-corrected chi connectivity index (χ1v) is 5.69. The van der Waals surface area contributed by atoms with Gasteiger partial charge in [-0.3, -0.25) is 0 Å². The molecule has 0 bridgehead atoms. The van der Waals surface area contributed by atoms with E-state index < -0.39 is 0 Å². The Morgan fingerprint density at radius 1 is 1.22 bits per heavy atom. The topological polar surface area (TPSA) is 83.4 Å². The van der Waals surface area contributed by atoms with Crippen LogP contribution in [-0.4, -0.2) is 16.7 Å². The molecule has 0 aliphatic rings. The van der Waals surface area contributed by atoms with Crippen molar-refractivity contribution in [3.8, 4) is 11.5 Å². The Morgan fingerprint density at radius 2 is 1.94 bits per heavy atom. The summed E-state index contributed by atoms with van der Waals surface area (Å²) in [5, 5.41) is 3.75. The van der Waals surface area contributed by atoms with Gasteiger partial charge in [-0.15, -0.1) is 0 Å². The standard InChI is InChI=1S/C12H15N3O3/c1-2-16-9-5-3-4-6-10(9)17-8-11-14-12(7-13)18-15-11/h3-6H,2,7-8,13H2,1H3. The molecular formula is C12H15N3O3. The van der Waals surface area contributed by atoms with Gasteiger partial charge in [0.2, 0.25) is 11.7 Å². The Morgan fingerprint density at radius 3 is 2.56 bits per heavy atom. The highest BCUT2D eigenvalue weighted by Crippen LogP contribution is 2.26. The number of hydrogen-bond acceptors (Lipinski definition) is 6. The Labute approximate surface area is 105 Å². The molecule has 2 rings (SSSR count). The van der Waals surface area contributed by atoms with Gasteiger partial charge in [0.05, 0.1) is 13.2 Å². The van der Waals surface area contributed by atoms with Gasteiger partial charge in [-0.05, 0) is 19.1 Å². The van der Waals surface area contributed by atoms with Crippen LogP contribution in [-0.2, 0) is 13.2 Å². The Bertz CT molecular complexity index is 499. The van der Waals surface area contributed by atoms with Crippen molar-refractivity contribution in [3.63, 3.8) is 0 Å². The zero-order valence-corrected chi connectivity index (χ0v) is 10.1. The second kappa shape index (κ2) is 6.02. The normalized spacial score (nSPS) is 10.3. The summed E-state index contributed by atoms with van der Waals surface area (Å²) in [6.07, 6.45) is 0. The van der Waals surface area contributed by atoms with Crippen LogP contribution in [0.2, 0.25) is 0 Å². The van der Waals surface area contributed by atoms with E-state index in [9.17, 15) is 0 Å². The lowest BCUT2D eigenvalue weighted by atomic mass is 10.3. The number of ether oxygens (including phenoxy) is 2. The number of nitrogens with zero attached hydrogens (tertiary/aromatic N) is 2. The molecule has 1 aromatic heterocycles. The molecule has 0 unspecified atom stereocenters. The fourth-order valence-electron chi connectivity index (χ4n) is 1.42. The van der Waals surface area contributed by atoms with Crippen molar-refractivity contribution < 1.29 is 14.0 Å². The maximum absolute atomic E-state index is 5.58. The van der Waals surface area contributed by atoms with Crippen LogP contribution < -0.4 is 15.2 Å². The smallest absolute Gasteiger partial charge is 0.240 e. The Kier molecular flexibility index (Phi) is 4.14. The summed E-state index contributed by atoms with van der Waals surface area (Å²) >= 11 is 0. The molecule has 18 heavy (non-hydrogen) atoms. The molecule has 0 radical (unpaired) electrons. The van der Waals surface area contributed by atoms with Gasteiger partial charge in [0.1, 0.15) is 0 Å². The molecule has 96 valence electrons. The fraction of sp³-hybridized carbons (Fsp3) is 0.333. The first-order valence-electron chi connectivity index (χ1n) is 5.69. The van der Waals surface area contributed by atoms with Crippen LogP contribution in [0.15, 0.2) is 28.8 Å². The average Bonchev–Trinajstić information content (AvgIpc) is 2.86. The van der Waals surface area contributed by atoms with Crippen LogP contribution in [0.3, 0.4) is 0 Å². The van der Waals surface area contributed by atoms with Gasteiger partial charge in [-0.25, -0.2) is 0 Å². The first-order chi connectivity index (χ1) is 8.83. The Balaban J connectivity index is 2.01. The van der Waals surface area contributed by atoms with Crippen LogP contribution in [0, 0.1) is 0 Å². The van der Waals surface area contributed by atoms with Crippen molar-refractivity contribution in [2.45, 2.75) is 20.1 Å². The molecule has 0 amide bonds. The van der Waals surface area contributed by atoms with E-state index in [4.69, 9.17) is 19.7 Å². The van der Waals surface area contributed by atoms with Crippen molar-refractivity contribution in [2.75, 3.05) is 6.61 Å². The molecule has 0 aliphatic heterocycles. The summed E-state index contributed by atoms with van der Waals surface area (Å²) in [5.41, 5.74) is 5.38. The fourth-order valence-corrected chi connectivity index (χ4v) is 1.42.